The number of ether oxygens (including phenoxy) is 2. The molecule has 1 aliphatic rings. The lowest BCUT2D eigenvalue weighted by Gasteiger charge is -2.13. The lowest BCUT2D eigenvalue weighted by molar-refractivity contribution is -0.0215. The van der Waals surface area contributed by atoms with Crippen molar-refractivity contribution in [2.45, 2.75) is 31.7 Å². The molecule has 1 aliphatic heterocycles. The van der Waals surface area contributed by atoms with Crippen LogP contribution in [0.15, 0.2) is 42.9 Å². The zero-order valence-corrected chi connectivity index (χ0v) is 10.8. The quantitative estimate of drug-likeness (QED) is 0.897. The van der Waals surface area contributed by atoms with Gasteiger partial charge in [0.15, 0.2) is 0 Å². The van der Waals surface area contributed by atoms with Gasteiger partial charge in [-0.15, -0.1) is 0 Å². The number of H-pyrrole nitrogens is 1. The summed E-state index contributed by atoms with van der Waals surface area (Å²) < 4.78 is 11.7. The smallest absolute Gasteiger partial charge is 0.0994 e. The van der Waals surface area contributed by atoms with E-state index in [2.05, 4.69) is 22.1 Å². The third kappa shape index (κ3) is 3.22. The molecule has 0 aliphatic carbocycles. The maximum atomic E-state index is 5.95. The van der Waals surface area contributed by atoms with Crippen LogP contribution in [0.2, 0.25) is 0 Å². The van der Waals surface area contributed by atoms with Crippen molar-refractivity contribution in [1.29, 1.82) is 0 Å². The number of hydrogen-bond donors (Lipinski definition) is 1. The first-order valence-corrected chi connectivity index (χ1v) is 6.67. The van der Waals surface area contributed by atoms with Crippen LogP contribution in [0.5, 0.6) is 0 Å². The zero-order chi connectivity index (χ0) is 12.9. The fourth-order valence-electron chi connectivity index (χ4n) is 2.38. The maximum Gasteiger partial charge on any atom is 0.0994 e. The van der Waals surface area contributed by atoms with E-state index in [0.717, 1.165) is 18.5 Å². The van der Waals surface area contributed by atoms with Crippen molar-refractivity contribution in [3.05, 3.63) is 54.1 Å². The largest absolute Gasteiger partial charge is 0.374 e. The van der Waals surface area contributed by atoms with E-state index in [1.54, 1.807) is 6.33 Å². The minimum absolute atomic E-state index is 0.146. The van der Waals surface area contributed by atoms with E-state index in [-0.39, 0.29) is 12.2 Å². The molecule has 4 nitrogen and oxygen atoms in total. The van der Waals surface area contributed by atoms with Crippen LogP contribution in [0.4, 0.5) is 0 Å². The second kappa shape index (κ2) is 5.99. The van der Waals surface area contributed by atoms with Crippen LogP contribution < -0.4 is 0 Å². The Labute approximate surface area is 112 Å². The molecule has 0 radical (unpaired) electrons. The van der Waals surface area contributed by atoms with Crippen molar-refractivity contribution < 1.29 is 9.47 Å². The van der Waals surface area contributed by atoms with Gasteiger partial charge in [0.05, 0.1) is 43.6 Å². The number of benzene rings is 1. The Morgan fingerprint density at radius 1 is 1.26 bits per heavy atom. The number of rotatable bonds is 5. The Morgan fingerprint density at radius 2 is 2.16 bits per heavy atom. The fourth-order valence-corrected chi connectivity index (χ4v) is 2.38. The zero-order valence-electron chi connectivity index (χ0n) is 10.8. The first-order valence-electron chi connectivity index (χ1n) is 6.67. The van der Waals surface area contributed by atoms with Gasteiger partial charge >= 0.3 is 0 Å². The first-order chi connectivity index (χ1) is 9.42. The van der Waals surface area contributed by atoms with Crippen molar-refractivity contribution in [3.63, 3.8) is 0 Å². The number of aromatic nitrogens is 2. The number of imidazole rings is 1. The third-order valence-electron chi connectivity index (χ3n) is 3.39. The molecule has 3 rings (SSSR count). The van der Waals surface area contributed by atoms with Crippen LogP contribution in [-0.2, 0) is 16.1 Å². The highest BCUT2D eigenvalue weighted by molar-refractivity contribution is 5.13. The van der Waals surface area contributed by atoms with E-state index in [9.17, 15) is 0 Å². The predicted molar refractivity (Wildman–Crippen MR) is 71.5 cm³/mol. The molecule has 0 amide bonds. The Kier molecular flexibility index (Phi) is 3.91. The molecule has 0 saturated carbocycles. The molecule has 0 spiro atoms. The second-order valence-corrected chi connectivity index (χ2v) is 4.83. The molecule has 0 bridgehead atoms. The molecule has 4 heteroatoms. The van der Waals surface area contributed by atoms with Gasteiger partial charge in [0.25, 0.3) is 0 Å². The van der Waals surface area contributed by atoms with Gasteiger partial charge in [0.1, 0.15) is 0 Å². The van der Waals surface area contributed by atoms with Crippen molar-refractivity contribution in [3.8, 4) is 0 Å². The molecular weight excluding hydrogens is 240 g/mol. The van der Waals surface area contributed by atoms with Crippen LogP contribution in [0.3, 0.4) is 0 Å². The van der Waals surface area contributed by atoms with Crippen molar-refractivity contribution in [1.82, 2.24) is 9.97 Å². The molecule has 1 aromatic carbocycles. The van der Waals surface area contributed by atoms with Gasteiger partial charge < -0.3 is 14.5 Å². The second-order valence-electron chi connectivity index (χ2n) is 4.83. The summed E-state index contributed by atoms with van der Waals surface area (Å²) in [4.78, 5) is 7.13. The summed E-state index contributed by atoms with van der Waals surface area (Å²) in [5, 5.41) is 0. The molecule has 2 atom stereocenters. The van der Waals surface area contributed by atoms with Gasteiger partial charge in [-0.05, 0) is 18.4 Å². The van der Waals surface area contributed by atoms with Crippen LogP contribution in [0, 0.1) is 0 Å². The van der Waals surface area contributed by atoms with E-state index < -0.39 is 0 Å². The molecule has 1 aromatic heterocycles. The van der Waals surface area contributed by atoms with E-state index in [1.807, 2.05) is 24.4 Å². The minimum atomic E-state index is 0.146. The first kappa shape index (κ1) is 12.4. The molecule has 2 aromatic rings. The van der Waals surface area contributed by atoms with E-state index in [4.69, 9.17) is 9.47 Å². The van der Waals surface area contributed by atoms with Crippen molar-refractivity contribution in [2.75, 3.05) is 6.61 Å². The topological polar surface area (TPSA) is 47.1 Å². The summed E-state index contributed by atoms with van der Waals surface area (Å²) in [6.45, 7) is 1.30. The fraction of sp³-hybridized carbons (Fsp3) is 0.400. The van der Waals surface area contributed by atoms with Crippen LogP contribution >= 0.6 is 0 Å². The molecule has 19 heavy (non-hydrogen) atoms. The SMILES string of the molecule is c1ccc(COC[C@H]2CCC(c3cnc[nH]3)O2)cc1. The minimum Gasteiger partial charge on any atom is -0.374 e. The summed E-state index contributed by atoms with van der Waals surface area (Å²) in [6, 6.07) is 10.2. The molecule has 1 saturated heterocycles. The van der Waals surface area contributed by atoms with E-state index >= 15 is 0 Å². The lowest BCUT2D eigenvalue weighted by atomic mass is 10.1. The Bertz CT molecular complexity index is 484. The number of aromatic amines is 1. The summed E-state index contributed by atoms with van der Waals surface area (Å²) in [7, 11) is 0. The molecule has 100 valence electrons. The normalized spacial score (nSPS) is 22.7. The monoisotopic (exact) mass is 258 g/mol. The Balaban J connectivity index is 1.43. The van der Waals surface area contributed by atoms with Crippen LogP contribution in [0.25, 0.3) is 0 Å². The number of hydrogen-bond acceptors (Lipinski definition) is 3. The molecule has 2 heterocycles. The highest BCUT2D eigenvalue weighted by Gasteiger charge is 2.27. The Hall–Kier alpha value is -1.65. The average Bonchev–Trinajstić information content (AvgIpc) is 3.10. The van der Waals surface area contributed by atoms with Crippen molar-refractivity contribution >= 4 is 0 Å². The van der Waals surface area contributed by atoms with Crippen LogP contribution in [0.1, 0.15) is 30.2 Å². The maximum absolute atomic E-state index is 5.95. The summed E-state index contributed by atoms with van der Waals surface area (Å²) in [5.41, 5.74) is 2.26. The van der Waals surface area contributed by atoms with Gasteiger partial charge in [-0.2, -0.15) is 0 Å². The molecule has 1 N–H and O–H groups in total. The predicted octanol–water partition coefficient (Wildman–Crippen LogP) is 2.85. The number of nitrogens with one attached hydrogen (secondary N) is 1. The molecule has 1 fully saturated rings. The highest BCUT2D eigenvalue weighted by atomic mass is 16.5. The lowest BCUT2D eigenvalue weighted by Crippen LogP contribution is -2.14. The van der Waals surface area contributed by atoms with Gasteiger partial charge in [0, 0.05) is 0 Å². The van der Waals surface area contributed by atoms with Crippen LogP contribution in [-0.4, -0.2) is 22.7 Å². The van der Waals surface area contributed by atoms with Gasteiger partial charge in [-0.25, -0.2) is 4.98 Å². The van der Waals surface area contributed by atoms with Crippen molar-refractivity contribution in [2.24, 2.45) is 0 Å². The van der Waals surface area contributed by atoms with Gasteiger partial charge in [-0.3, -0.25) is 0 Å². The average molecular weight is 258 g/mol. The van der Waals surface area contributed by atoms with E-state index in [1.165, 1.54) is 5.56 Å². The molecular formula is C15H18N2O2. The summed E-state index contributed by atoms with van der Waals surface area (Å²) in [6.07, 6.45) is 5.93. The standard InChI is InChI=1S/C15H18N2O2/c1-2-4-12(5-3-1)9-18-10-13-6-7-15(19-13)14-8-16-11-17-14/h1-5,8,11,13,15H,6-7,9-10H2,(H,16,17)/t13-,15?/m1/s1. The van der Waals surface area contributed by atoms with Gasteiger partial charge in [-0.1, -0.05) is 30.3 Å². The van der Waals surface area contributed by atoms with Gasteiger partial charge in [0.2, 0.25) is 0 Å². The molecule has 1 unspecified atom stereocenters. The highest BCUT2D eigenvalue weighted by Crippen LogP contribution is 2.31. The Morgan fingerprint density at radius 3 is 2.95 bits per heavy atom. The summed E-state index contributed by atoms with van der Waals surface area (Å²) >= 11 is 0. The number of nitrogens with zero attached hydrogens (tertiary/aromatic N) is 1. The van der Waals surface area contributed by atoms with E-state index in [0.29, 0.717) is 13.2 Å². The third-order valence-corrected chi connectivity index (χ3v) is 3.39. The summed E-state index contributed by atoms with van der Waals surface area (Å²) in [5.74, 6) is 0.